The van der Waals surface area contributed by atoms with Crippen molar-refractivity contribution in [2.75, 3.05) is 25.0 Å². The Hall–Kier alpha value is -1.96. The Morgan fingerprint density at radius 1 is 1.39 bits per heavy atom. The predicted octanol–water partition coefficient (Wildman–Crippen LogP) is 1.21. The van der Waals surface area contributed by atoms with E-state index in [1.807, 2.05) is 12.1 Å². The molecule has 94 valence electrons. The summed E-state index contributed by atoms with van der Waals surface area (Å²) in [6.45, 7) is 1.15. The van der Waals surface area contributed by atoms with Crippen molar-refractivity contribution in [3.63, 3.8) is 0 Å². The van der Waals surface area contributed by atoms with Gasteiger partial charge in [0.2, 0.25) is 5.91 Å². The second-order valence-corrected chi connectivity index (χ2v) is 4.37. The third-order valence-corrected chi connectivity index (χ3v) is 2.81. The number of aromatic nitrogens is 1. The summed E-state index contributed by atoms with van der Waals surface area (Å²) in [5.41, 5.74) is 0. The van der Waals surface area contributed by atoms with Gasteiger partial charge >= 0.3 is 0 Å². The van der Waals surface area contributed by atoms with Crippen LogP contribution in [0.5, 0.6) is 0 Å². The molecule has 0 aliphatic heterocycles. The number of hydrogen-bond acceptors (Lipinski definition) is 6. The first-order chi connectivity index (χ1) is 8.76. The number of carbonyl (C=O) groups is 1. The molecule has 1 amide bonds. The van der Waals surface area contributed by atoms with E-state index < -0.39 is 0 Å². The molecule has 0 aromatic carbocycles. The number of nitrogens with one attached hydrogen (secondary N) is 1. The van der Waals surface area contributed by atoms with Gasteiger partial charge in [-0.15, -0.1) is 11.3 Å². The van der Waals surface area contributed by atoms with Gasteiger partial charge in [0.05, 0.1) is 18.7 Å². The average molecular weight is 263 g/mol. The highest BCUT2D eigenvalue weighted by molar-refractivity contribution is 7.13. The average Bonchev–Trinajstić information content (AvgIpc) is 2.85. The van der Waals surface area contributed by atoms with E-state index >= 15 is 0 Å². The lowest BCUT2D eigenvalue weighted by molar-refractivity contribution is -0.117. The molecular formula is C11H13N5OS. The van der Waals surface area contributed by atoms with Crippen molar-refractivity contribution in [2.45, 2.75) is 12.8 Å². The minimum absolute atomic E-state index is 0.170. The number of rotatable bonds is 7. The van der Waals surface area contributed by atoms with Crippen LogP contribution in [0.1, 0.15) is 12.8 Å². The van der Waals surface area contributed by atoms with Crippen molar-refractivity contribution in [1.29, 1.82) is 10.5 Å². The molecular weight excluding hydrogens is 250 g/mol. The van der Waals surface area contributed by atoms with E-state index in [1.54, 1.807) is 16.5 Å². The van der Waals surface area contributed by atoms with Crippen molar-refractivity contribution in [3.05, 3.63) is 11.6 Å². The largest absolute Gasteiger partial charge is 0.301 e. The monoisotopic (exact) mass is 263 g/mol. The van der Waals surface area contributed by atoms with E-state index in [2.05, 4.69) is 10.3 Å². The third-order valence-electron chi connectivity index (χ3n) is 2.13. The summed E-state index contributed by atoms with van der Waals surface area (Å²) in [6.07, 6.45) is 2.30. The van der Waals surface area contributed by atoms with Gasteiger partial charge in [0, 0.05) is 37.5 Å². The summed E-state index contributed by atoms with van der Waals surface area (Å²) in [7, 11) is 0. The molecule has 0 bridgehead atoms. The Labute approximate surface area is 109 Å². The molecule has 6 nitrogen and oxygen atoms in total. The van der Waals surface area contributed by atoms with Crippen LogP contribution >= 0.6 is 11.3 Å². The summed E-state index contributed by atoms with van der Waals surface area (Å²) in [5, 5.41) is 22.1. The Kier molecular flexibility index (Phi) is 6.41. The van der Waals surface area contributed by atoms with Crippen LogP contribution in [0, 0.1) is 22.7 Å². The van der Waals surface area contributed by atoms with Gasteiger partial charge in [-0.1, -0.05) is 0 Å². The predicted molar refractivity (Wildman–Crippen MR) is 67.6 cm³/mol. The maximum absolute atomic E-state index is 11.7. The van der Waals surface area contributed by atoms with Crippen molar-refractivity contribution in [3.8, 4) is 12.1 Å². The van der Waals surface area contributed by atoms with Crippen LogP contribution in [-0.2, 0) is 4.79 Å². The quantitative estimate of drug-likeness (QED) is 0.798. The van der Waals surface area contributed by atoms with Gasteiger partial charge in [-0.3, -0.25) is 9.69 Å². The normalized spacial score (nSPS) is 9.72. The molecule has 0 fully saturated rings. The number of nitriles is 2. The summed E-state index contributed by atoms with van der Waals surface area (Å²) in [4.78, 5) is 17.4. The molecule has 1 heterocycles. The highest BCUT2D eigenvalue weighted by atomic mass is 32.1. The zero-order chi connectivity index (χ0) is 13.2. The zero-order valence-corrected chi connectivity index (χ0v) is 10.6. The van der Waals surface area contributed by atoms with Crippen LogP contribution in [0.3, 0.4) is 0 Å². The van der Waals surface area contributed by atoms with Crippen LogP contribution in [0.4, 0.5) is 5.13 Å². The molecule has 0 atom stereocenters. The van der Waals surface area contributed by atoms with Crippen LogP contribution in [0.15, 0.2) is 11.6 Å². The van der Waals surface area contributed by atoms with E-state index in [1.165, 1.54) is 11.3 Å². The third kappa shape index (κ3) is 5.39. The Morgan fingerprint density at radius 3 is 2.56 bits per heavy atom. The molecule has 1 rings (SSSR count). The van der Waals surface area contributed by atoms with E-state index in [9.17, 15) is 4.79 Å². The minimum atomic E-state index is -0.180. The summed E-state index contributed by atoms with van der Waals surface area (Å²) >= 11 is 1.35. The molecule has 18 heavy (non-hydrogen) atoms. The van der Waals surface area contributed by atoms with Gasteiger partial charge in [0.15, 0.2) is 5.13 Å². The molecule has 1 N–H and O–H groups in total. The highest BCUT2D eigenvalue weighted by Crippen LogP contribution is 2.10. The van der Waals surface area contributed by atoms with Gasteiger partial charge in [-0.25, -0.2) is 4.98 Å². The molecule has 7 heteroatoms. The molecule has 0 spiro atoms. The molecule has 0 saturated carbocycles. The molecule has 1 aromatic heterocycles. The SMILES string of the molecule is N#CCCN(CCC#N)CC(=O)Nc1nccs1. The number of carbonyl (C=O) groups excluding carboxylic acids is 1. The lowest BCUT2D eigenvalue weighted by Crippen LogP contribution is -2.34. The van der Waals surface area contributed by atoms with Crippen molar-refractivity contribution < 1.29 is 4.79 Å². The fourth-order valence-corrected chi connectivity index (χ4v) is 1.88. The van der Waals surface area contributed by atoms with Crippen molar-refractivity contribution >= 4 is 22.4 Å². The van der Waals surface area contributed by atoms with Gasteiger partial charge in [-0.05, 0) is 0 Å². The number of anilines is 1. The molecule has 0 saturated heterocycles. The van der Waals surface area contributed by atoms with Gasteiger partial charge in [-0.2, -0.15) is 10.5 Å². The zero-order valence-electron chi connectivity index (χ0n) is 9.80. The first-order valence-corrected chi connectivity index (χ1v) is 6.30. The molecule has 0 radical (unpaired) electrons. The number of amides is 1. The standard InChI is InChI=1S/C11H13N5OS/c12-3-1-6-16(7-2-4-13)9-10(17)15-11-14-5-8-18-11/h5,8H,1-2,6-7,9H2,(H,14,15,17). The van der Waals surface area contributed by atoms with Crippen LogP contribution < -0.4 is 5.32 Å². The summed E-state index contributed by atoms with van der Waals surface area (Å²) in [5.74, 6) is -0.180. The summed E-state index contributed by atoms with van der Waals surface area (Å²) < 4.78 is 0. The van der Waals surface area contributed by atoms with Crippen LogP contribution in [0.25, 0.3) is 0 Å². The van der Waals surface area contributed by atoms with Crippen molar-refractivity contribution in [1.82, 2.24) is 9.88 Å². The number of thiazole rings is 1. The van der Waals surface area contributed by atoms with Gasteiger partial charge < -0.3 is 5.32 Å². The minimum Gasteiger partial charge on any atom is -0.301 e. The Bertz CT molecular complexity index is 427. The van der Waals surface area contributed by atoms with E-state index in [4.69, 9.17) is 10.5 Å². The molecule has 0 aliphatic carbocycles. The smallest absolute Gasteiger partial charge is 0.240 e. The Balaban J connectivity index is 2.41. The van der Waals surface area contributed by atoms with Crippen LogP contribution in [0.2, 0.25) is 0 Å². The topological polar surface area (TPSA) is 92.8 Å². The Morgan fingerprint density at radius 2 is 2.06 bits per heavy atom. The number of hydrogen-bond donors (Lipinski definition) is 1. The van der Waals surface area contributed by atoms with Gasteiger partial charge in [0.1, 0.15) is 0 Å². The maximum atomic E-state index is 11.7. The second-order valence-electron chi connectivity index (χ2n) is 3.48. The summed E-state index contributed by atoms with van der Waals surface area (Å²) in [6, 6.07) is 4.05. The van der Waals surface area contributed by atoms with E-state index in [-0.39, 0.29) is 12.5 Å². The first kappa shape index (κ1) is 14.1. The van der Waals surface area contributed by atoms with Crippen molar-refractivity contribution in [2.24, 2.45) is 0 Å². The molecule has 1 aromatic rings. The number of nitrogens with zero attached hydrogens (tertiary/aromatic N) is 4. The fourth-order valence-electron chi connectivity index (χ4n) is 1.33. The maximum Gasteiger partial charge on any atom is 0.240 e. The lowest BCUT2D eigenvalue weighted by atomic mass is 10.3. The first-order valence-electron chi connectivity index (χ1n) is 5.42. The lowest BCUT2D eigenvalue weighted by Gasteiger charge is -2.18. The molecule has 0 unspecified atom stereocenters. The fraction of sp³-hybridized carbons (Fsp3) is 0.455. The second kappa shape index (κ2) is 8.18. The molecule has 0 aliphatic rings. The van der Waals surface area contributed by atoms with Gasteiger partial charge in [0.25, 0.3) is 0 Å². The highest BCUT2D eigenvalue weighted by Gasteiger charge is 2.11. The van der Waals surface area contributed by atoms with E-state index in [0.717, 1.165) is 0 Å². The van der Waals surface area contributed by atoms with Crippen LogP contribution in [-0.4, -0.2) is 35.4 Å². The van der Waals surface area contributed by atoms with E-state index in [0.29, 0.717) is 31.1 Å².